The van der Waals surface area contributed by atoms with E-state index in [1.165, 1.54) is 13.2 Å². The lowest BCUT2D eigenvalue weighted by Gasteiger charge is -2.15. The number of methoxy groups -OCH3 is 1. The molecule has 1 rings (SSSR count). The van der Waals surface area contributed by atoms with Crippen molar-refractivity contribution in [2.75, 3.05) is 19.0 Å². The highest BCUT2D eigenvalue weighted by atomic mass is 79.9. The SMILES string of the molecule is CCOC(=O)C(N)C(=O)Nc1cc(Cl)cc(Br)c1OC. The molecule has 1 amide bonds. The number of esters is 1. The highest BCUT2D eigenvalue weighted by Gasteiger charge is 2.24. The monoisotopic (exact) mass is 364 g/mol. The van der Waals surface area contributed by atoms with E-state index < -0.39 is 17.9 Å². The average molecular weight is 366 g/mol. The Labute approximate surface area is 129 Å². The summed E-state index contributed by atoms with van der Waals surface area (Å²) in [5, 5.41) is 2.86. The number of carbonyl (C=O) groups excluding carboxylic acids is 2. The summed E-state index contributed by atoms with van der Waals surface area (Å²) in [6.07, 6.45) is 0. The van der Waals surface area contributed by atoms with Gasteiger partial charge in [0.15, 0.2) is 11.8 Å². The van der Waals surface area contributed by atoms with Gasteiger partial charge in [-0.3, -0.25) is 4.79 Å². The summed E-state index contributed by atoms with van der Waals surface area (Å²) in [6, 6.07) is 1.68. The molecule has 0 saturated heterocycles. The predicted molar refractivity (Wildman–Crippen MR) is 78.9 cm³/mol. The number of halogens is 2. The molecule has 110 valence electrons. The summed E-state index contributed by atoms with van der Waals surface area (Å²) in [4.78, 5) is 23.3. The van der Waals surface area contributed by atoms with Gasteiger partial charge in [0.05, 0.1) is 23.9 Å². The molecule has 0 aromatic heterocycles. The van der Waals surface area contributed by atoms with Crippen LogP contribution in [0.25, 0.3) is 0 Å². The number of nitrogens with two attached hydrogens (primary N) is 1. The summed E-state index contributed by atoms with van der Waals surface area (Å²) < 4.78 is 10.4. The number of hydrogen-bond donors (Lipinski definition) is 2. The van der Waals surface area contributed by atoms with Crippen molar-refractivity contribution in [3.63, 3.8) is 0 Å². The Morgan fingerprint density at radius 3 is 2.70 bits per heavy atom. The van der Waals surface area contributed by atoms with Crippen LogP contribution < -0.4 is 15.8 Å². The van der Waals surface area contributed by atoms with E-state index in [1.54, 1.807) is 13.0 Å². The van der Waals surface area contributed by atoms with E-state index in [0.717, 1.165) is 0 Å². The van der Waals surface area contributed by atoms with E-state index in [9.17, 15) is 9.59 Å². The molecule has 0 aliphatic rings. The van der Waals surface area contributed by atoms with Gasteiger partial charge in [-0.1, -0.05) is 11.6 Å². The Morgan fingerprint density at radius 2 is 2.15 bits per heavy atom. The molecule has 0 aliphatic heterocycles. The summed E-state index contributed by atoms with van der Waals surface area (Å²) >= 11 is 9.15. The fraction of sp³-hybridized carbons (Fsp3) is 0.333. The van der Waals surface area contributed by atoms with Gasteiger partial charge in [-0.05, 0) is 35.0 Å². The number of rotatable bonds is 5. The molecule has 0 bridgehead atoms. The van der Waals surface area contributed by atoms with E-state index in [2.05, 4.69) is 26.0 Å². The minimum Gasteiger partial charge on any atom is -0.493 e. The first-order valence-corrected chi connectivity index (χ1v) is 6.83. The van der Waals surface area contributed by atoms with Crippen molar-refractivity contribution in [1.29, 1.82) is 0 Å². The van der Waals surface area contributed by atoms with Gasteiger partial charge < -0.3 is 20.5 Å². The Bertz CT molecular complexity index is 524. The number of carbonyl (C=O) groups is 2. The van der Waals surface area contributed by atoms with Gasteiger partial charge in [0.2, 0.25) is 0 Å². The molecular weight excluding hydrogens is 351 g/mol. The Balaban J connectivity index is 2.93. The molecule has 8 heteroatoms. The number of amides is 1. The zero-order chi connectivity index (χ0) is 15.3. The maximum Gasteiger partial charge on any atom is 0.332 e. The second-order valence-electron chi connectivity index (χ2n) is 3.69. The fourth-order valence-corrected chi connectivity index (χ4v) is 2.38. The lowest BCUT2D eigenvalue weighted by molar-refractivity contribution is -0.146. The third-order valence-corrected chi connectivity index (χ3v) is 3.10. The molecule has 0 fully saturated rings. The van der Waals surface area contributed by atoms with Crippen molar-refractivity contribution >= 4 is 45.1 Å². The summed E-state index contributed by atoms with van der Waals surface area (Å²) in [5.41, 5.74) is 5.79. The molecule has 1 aromatic carbocycles. The van der Waals surface area contributed by atoms with Crippen LogP contribution in [0.4, 0.5) is 5.69 Å². The van der Waals surface area contributed by atoms with Gasteiger partial charge >= 0.3 is 5.97 Å². The van der Waals surface area contributed by atoms with Gasteiger partial charge in [0.1, 0.15) is 0 Å². The highest BCUT2D eigenvalue weighted by molar-refractivity contribution is 9.10. The molecule has 1 atom stereocenters. The smallest absolute Gasteiger partial charge is 0.332 e. The second kappa shape index (κ2) is 7.47. The molecule has 0 spiro atoms. The molecule has 0 radical (unpaired) electrons. The van der Waals surface area contributed by atoms with Crippen LogP contribution in [0, 0.1) is 0 Å². The van der Waals surface area contributed by atoms with Crippen molar-refractivity contribution in [1.82, 2.24) is 0 Å². The number of hydrogen-bond acceptors (Lipinski definition) is 5. The number of nitrogens with one attached hydrogen (secondary N) is 1. The molecule has 0 aliphatic carbocycles. The van der Waals surface area contributed by atoms with Crippen LogP contribution in [0.1, 0.15) is 6.92 Å². The van der Waals surface area contributed by atoms with E-state index in [1.807, 2.05) is 0 Å². The number of ether oxygens (including phenoxy) is 2. The van der Waals surface area contributed by atoms with E-state index in [0.29, 0.717) is 20.9 Å². The summed E-state index contributed by atoms with van der Waals surface area (Å²) in [5.74, 6) is -1.14. The highest BCUT2D eigenvalue weighted by Crippen LogP contribution is 2.36. The quantitative estimate of drug-likeness (QED) is 0.615. The van der Waals surface area contributed by atoms with Crippen LogP contribution in [0.5, 0.6) is 5.75 Å². The van der Waals surface area contributed by atoms with Gasteiger partial charge in [-0.25, -0.2) is 4.79 Å². The second-order valence-corrected chi connectivity index (χ2v) is 4.98. The maximum absolute atomic E-state index is 11.9. The number of anilines is 1. The lowest BCUT2D eigenvalue weighted by atomic mass is 10.2. The third kappa shape index (κ3) is 4.09. The zero-order valence-corrected chi connectivity index (χ0v) is 13.2. The van der Waals surface area contributed by atoms with E-state index >= 15 is 0 Å². The molecule has 0 saturated carbocycles. The minimum atomic E-state index is -1.42. The first-order chi connectivity index (χ1) is 9.40. The topological polar surface area (TPSA) is 90.7 Å². The van der Waals surface area contributed by atoms with Crippen LogP contribution in [-0.2, 0) is 14.3 Å². The molecule has 3 N–H and O–H groups in total. The van der Waals surface area contributed by atoms with Crippen molar-refractivity contribution in [2.24, 2.45) is 5.73 Å². The first kappa shape index (κ1) is 16.7. The molecule has 20 heavy (non-hydrogen) atoms. The van der Waals surface area contributed by atoms with Gasteiger partial charge in [0.25, 0.3) is 5.91 Å². The van der Waals surface area contributed by atoms with E-state index in [-0.39, 0.29) is 6.61 Å². The predicted octanol–water partition coefficient (Wildman–Crippen LogP) is 1.94. The van der Waals surface area contributed by atoms with Crippen LogP contribution >= 0.6 is 27.5 Å². The molecule has 6 nitrogen and oxygen atoms in total. The zero-order valence-electron chi connectivity index (χ0n) is 10.9. The molecule has 0 heterocycles. The standard InChI is InChI=1S/C12H14BrClN2O4/c1-3-20-12(18)9(15)11(17)16-8-5-6(14)4-7(13)10(8)19-2/h4-5,9H,3,15H2,1-2H3,(H,16,17). The average Bonchev–Trinajstić information content (AvgIpc) is 2.37. The first-order valence-electron chi connectivity index (χ1n) is 5.66. The fourth-order valence-electron chi connectivity index (χ4n) is 1.41. The largest absolute Gasteiger partial charge is 0.493 e. The van der Waals surface area contributed by atoms with Crippen molar-refractivity contribution < 1.29 is 19.1 Å². The third-order valence-electron chi connectivity index (χ3n) is 2.29. The summed E-state index contributed by atoms with van der Waals surface area (Å²) in [7, 11) is 1.44. The Morgan fingerprint density at radius 1 is 1.50 bits per heavy atom. The van der Waals surface area contributed by atoms with Crippen LogP contribution in [-0.4, -0.2) is 31.6 Å². The molecule has 1 unspecified atom stereocenters. The Hall–Kier alpha value is -1.31. The minimum absolute atomic E-state index is 0.145. The van der Waals surface area contributed by atoms with Crippen LogP contribution in [0.3, 0.4) is 0 Å². The normalized spacial score (nSPS) is 11.7. The molecule has 1 aromatic rings. The van der Waals surface area contributed by atoms with Crippen molar-refractivity contribution in [3.8, 4) is 5.75 Å². The lowest BCUT2D eigenvalue weighted by Crippen LogP contribution is -2.43. The van der Waals surface area contributed by atoms with Crippen molar-refractivity contribution in [3.05, 3.63) is 21.6 Å². The Kier molecular flexibility index (Phi) is 6.25. The summed E-state index contributed by atoms with van der Waals surface area (Å²) in [6.45, 7) is 1.77. The van der Waals surface area contributed by atoms with Gasteiger partial charge in [-0.15, -0.1) is 0 Å². The molecular formula is C12H14BrClN2O4. The van der Waals surface area contributed by atoms with E-state index in [4.69, 9.17) is 22.1 Å². The van der Waals surface area contributed by atoms with Crippen molar-refractivity contribution in [2.45, 2.75) is 13.0 Å². The number of benzene rings is 1. The van der Waals surface area contributed by atoms with Crippen LogP contribution in [0.2, 0.25) is 5.02 Å². The maximum atomic E-state index is 11.9. The van der Waals surface area contributed by atoms with Crippen LogP contribution in [0.15, 0.2) is 16.6 Å². The van der Waals surface area contributed by atoms with Gasteiger partial charge in [0, 0.05) is 5.02 Å². The van der Waals surface area contributed by atoms with Gasteiger partial charge in [-0.2, -0.15) is 0 Å².